The van der Waals surface area contributed by atoms with Gasteiger partial charge >= 0.3 is 5.97 Å². The van der Waals surface area contributed by atoms with Crippen LogP contribution in [0.5, 0.6) is 0 Å². The van der Waals surface area contributed by atoms with E-state index < -0.39 is 12.0 Å². The number of unbranched alkanes of at least 4 members (excludes halogenated alkanes) is 2. The predicted molar refractivity (Wildman–Crippen MR) is 101 cm³/mol. The first kappa shape index (κ1) is 19.9. The number of hydrogen-bond acceptors (Lipinski definition) is 5. The predicted octanol–water partition coefficient (Wildman–Crippen LogP) is 3.04. The molecule has 0 amide bonds. The first-order chi connectivity index (χ1) is 13.2. The zero-order valence-electron chi connectivity index (χ0n) is 15.7. The van der Waals surface area contributed by atoms with E-state index in [1.165, 1.54) is 5.56 Å². The molecule has 2 atom stereocenters. The van der Waals surface area contributed by atoms with Gasteiger partial charge in [0.2, 0.25) is 0 Å². The van der Waals surface area contributed by atoms with Gasteiger partial charge in [-0.1, -0.05) is 36.8 Å². The first-order valence-corrected chi connectivity index (χ1v) is 9.80. The molecule has 0 aliphatic carbocycles. The average Bonchev–Trinajstić information content (AvgIpc) is 3.32. The topological polar surface area (TPSA) is 68.2 Å². The summed E-state index contributed by atoms with van der Waals surface area (Å²) in [4.78, 5) is 17.2. The van der Waals surface area contributed by atoms with Crippen LogP contribution in [0.25, 0.3) is 0 Å². The van der Waals surface area contributed by atoms with Crippen LogP contribution >= 0.6 is 0 Å². The van der Waals surface area contributed by atoms with E-state index in [0.29, 0.717) is 38.0 Å². The lowest BCUT2D eigenvalue weighted by molar-refractivity contribution is -0.167. The molecule has 6 nitrogen and oxygen atoms in total. The fourth-order valence-electron chi connectivity index (χ4n) is 3.43. The second-order valence-electron chi connectivity index (χ2n) is 7.19. The molecule has 6 heteroatoms. The fraction of sp³-hybridized carbons (Fsp3) is 0.571. The summed E-state index contributed by atoms with van der Waals surface area (Å²) in [5.74, 6) is 0.0144. The Hall–Kier alpha value is -1.89. The molecule has 2 unspecified atom stereocenters. The average molecular weight is 375 g/mol. The van der Waals surface area contributed by atoms with Crippen LogP contribution in [0.1, 0.15) is 31.2 Å². The lowest BCUT2D eigenvalue weighted by atomic mass is 10.1. The monoisotopic (exact) mass is 375 g/mol. The molecule has 148 valence electrons. The molecule has 2 heterocycles. The number of aliphatic carboxylic acids is 1. The van der Waals surface area contributed by atoms with Crippen LogP contribution in [-0.4, -0.2) is 55.2 Å². The number of aryl methyl sites for hydroxylation is 1. The quantitative estimate of drug-likeness (QED) is 0.600. The molecule has 0 bridgehead atoms. The summed E-state index contributed by atoms with van der Waals surface area (Å²) in [6.45, 7) is 2.95. The molecule has 27 heavy (non-hydrogen) atoms. The molecule has 0 spiro atoms. The van der Waals surface area contributed by atoms with E-state index in [1.54, 1.807) is 11.1 Å². The Labute approximate surface area is 160 Å². The van der Waals surface area contributed by atoms with Gasteiger partial charge in [-0.05, 0) is 37.3 Å². The second-order valence-corrected chi connectivity index (χ2v) is 7.19. The second kappa shape index (κ2) is 10.4. The van der Waals surface area contributed by atoms with Crippen molar-refractivity contribution in [3.8, 4) is 0 Å². The number of rotatable bonds is 11. The molecule has 0 saturated carbocycles. The van der Waals surface area contributed by atoms with Gasteiger partial charge in [0, 0.05) is 25.7 Å². The molecule has 1 aromatic carbocycles. The van der Waals surface area contributed by atoms with Gasteiger partial charge in [0.15, 0.2) is 6.04 Å². The SMILES string of the molecule is O=C(O)C1C=C(COCCCCCc2ccccc2)ON1CC1CCOC1. The van der Waals surface area contributed by atoms with Crippen molar-refractivity contribution in [2.24, 2.45) is 5.92 Å². The smallest absolute Gasteiger partial charge is 0.328 e. The molecular formula is C21H29NO5. The summed E-state index contributed by atoms with van der Waals surface area (Å²) in [6, 6.07) is 9.75. The van der Waals surface area contributed by atoms with E-state index in [-0.39, 0.29) is 0 Å². The molecule has 2 aliphatic rings. The number of carbonyl (C=O) groups is 1. The third kappa shape index (κ3) is 6.34. The van der Waals surface area contributed by atoms with Crippen molar-refractivity contribution in [1.29, 1.82) is 0 Å². The van der Waals surface area contributed by atoms with Crippen molar-refractivity contribution in [3.63, 3.8) is 0 Å². The fourth-order valence-corrected chi connectivity index (χ4v) is 3.43. The molecule has 1 N–H and O–H groups in total. The number of benzene rings is 1. The van der Waals surface area contributed by atoms with Crippen LogP contribution in [0.15, 0.2) is 42.2 Å². The Bertz CT molecular complexity index is 612. The lowest BCUT2D eigenvalue weighted by Gasteiger charge is -2.23. The summed E-state index contributed by atoms with van der Waals surface area (Å²) >= 11 is 0. The summed E-state index contributed by atoms with van der Waals surface area (Å²) in [6.07, 6.45) is 6.93. The van der Waals surface area contributed by atoms with Gasteiger partial charge < -0.3 is 19.4 Å². The minimum atomic E-state index is -0.898. The first-order valence-electron chi connectivity index (χ1n) is 9.80. The molecular weight excluding hydrogens is 346 g/mol. The van der Waals surface area contributed by atoms with E-state index in [1.807, 2.05) is 6.07 Å². The normalized spacial score (nSPS) is 22.6. The molecule has 0 radical (unpaired) electrons. The maximum absolute atomic E-state index is 11.5. The van der Waals surface area contributed by atoms with Crippen molar-refractivity contribution >= 4 is 5.97 Å². The Balaban J connectivity index is 1.30. The van der Waals surface area contributed by atoms with Crippen LogP contribution in [0.3, 0.4) is 0 Å². The minimum Gasteiger partial charge on any atom is -0.480 e. The molecule has 1 saturated heterocycles. The van der Waals surface area contributed by atoms with Crippen molar-refractivity contribution in [2.45, 2.75) is 38.1 Å². The largest absolute Gasteiger partial charge is 0.480 e. The standard InChI is InChI=1S/C21H29NO5/c23-21(24)20-13-19(27-22(20)14-18-10-12-26-15-18)16-25-11-6-2-5-9-17-7-3-1-4-8-17/h1,3-4,7-8,13,18,20H,2,5-6,9-12,14-16H2,(H,23,24). The van der Waals surface area contributed by atoms with Gasteiger partial charge in [0.25, 0.3) is 0 Å². The van der Waals surface area contributed by atoms with Crippen molar-refractivity contribution in [3.05, 3.63) is 47.7 Å². The highest BCUT2D eigenvalue weighted by Gasteiger charge is 2.35. The Kier molecular flexibility index (Phi) is 7.68. The van der Waals surface area contributed by atoms with Crippen LogP contribution in [-0.2, 0) is 25.5 Å². The van der Waals surface area contributed by atoms with E-state index in [4.69, 9.17) is 14.3 Å². The third-order valence-electron chi connectivity index (χ3n) is 4.94. The Morgan fingerprint density at radius 2 is 2.07 bits per heavy atom. The molecule has 1 aromatic rings. The van der Waals surface area contributed by atoms with Crippen LogP contribution in [0.2, 0.25) is 0 Å². The molecule has 3 rings (SSSR count). The maximum Gasteiger partial charge on any atom is 0.328 e. The highest BCUT2D eigenvalue weighted by molar-refractivity contribution is 5.76. The highest BCUT2D eigenvalue weighted by Crippen LogP contribution is 2.23. The number of hydroxylamine groups is 2. The summed E-state index contributed by atoms with van der Waals surface area (Å²) in [5.41, 5.74) is 1.37. The van der Waals surface area contributed by atoms with Gasteiger partial charge in [-0.2, -0.15) is 0 Å². The number of carboxylic acid groups (broad SMARTS) is 1. The van der Waals surface area contributed by atoms with Crippen molar-refractivity contribution < 1.29 is 24.2 Å². The Morgan fingerprint density at radius 3 is 2.81 bits per heavy atom. The number of hydrogen-bond donors (Lipinski definition) is 1. The zero-order chi connectivity index (χ0) is 18.9. The summed E-state index contributed by atoms with van der Waals surface area (Å²) < 4.78 is 11.0. The van der Waals surface area contributed by atoms with Crippen LogP contribution < -0.4 is 0 Å². The molecule has 2 aliphatic heterocycles. The van der Waals surface area contributed by atoms with Crippen molar-refractivity contribution in [1.82, 2.24) is 5.06 Å². The number of nitrogens with zero attached hydrogens (tertiary/aromatic N) is 1. The third-order valence-corrected chi connectivity index (χ3v) is 4.94. The molecule has 1 fully saturated rings. The van der Waals surface area contributed by atoms with Gasteiger partial charge in [-0.25, -0.2) is 0 Å². The summed E-state index contributed by atoms with van der Waals surface area (Å²) in [5, 5.41) is 10.9. The van der Waals surface area contributed by atoms with E-state index in [0.717, 1.165) is 38.7 Å². The minimum absolute atomic E-state index is 0.320. The maximum atomic E-state index is 11.5. The van der Waals surface area contributed by atoms with Gasteiger partial charge in [0.1, 0.15) is 12.4 Å². The Morgan fingerprint density at radius 1 is 1.22 bits per heavy atom. The van der Waals surface area contributed by atoms with Crippen molar-refractivity contribution in [2.75, 3.05) is 33.0 Å². The van der Waals surface area contributed by atoms with Gasteiger partial charge in [-0.15, -0.1) is 5.06 Å². The van der Waals surface area contributed by atoms with Gasteiger partial charge in [0.05, 0.1) is 6.61 Å². The van der Waals surface area contributed by atoms with Crippen LogP contribution in [0, 0.1) is 5.92 Å². The van der Waals surface area contributed by atoms with E-state index in [9.17, 15) is 9.90 Å². The number of carboxylic acids is 1. The van der Waals surface area contributed by atoms with E-state index in [2.05, 4.69) is 24.3 Å². The summed E-state index contributed by atoms with van der Waals surface area (Å²) in [7, 11) is 0. The number of ether oxygens (including phenoxy) is 2. The lowest BCUT2D eigenvalue weighted by Crippen LogP contribution is -2.38. The highest BCUT2D eigenvalue weighted by atomic mass is 16.7. The molecule has 0 aromatic heterocycles. The van der Waals surface area contributed by atoms with Gasteiger partial charge in [-0.3, -0.25) is 4.79 Å². The van der Waals surface area contributed by atoms with E-state index >= 15 is 0 Å². The zero-order valence-corrected chi connectivity index (χ0v) is 15.7. The van der Waals surface area contributed by atoms with Crippen LogP contribution in [0.4, 0.5) is 0 Å².